The lowest BCUT2D eigenvalue weighted by Crippen LogP contribution is -2.29. The van der Waals surface area contributed by atoms with E-state index in [1.807, 2.05) is 5.38 Å². The van der Waals surface area contributed by atoms with Crippen molar-refractivity contribution < 1.29 is 18.0 Å². The third-order valence-electron chi connectivity index (χ3n) is 4.72. The molecule has 1 aromatic carbocycles. The molecule has 2 N–H and O–H groups in total. The highest BCUT2D eigenvalue weighted by molar-refractivity contribution is 7.13. The van der Waals surface area contributed by atoms with Crippen LogP contribution < -0.4 is 10.6 Å². The summed E-state index contributed by atoms with van der Waals surface area (Å²) >= 11 is 1.35. The van der Waals surface area contributed by atoms with E-state index in [-0.39, 0.29) is 18.3 Å². The zero-order chi connectivity index (χ0) is 19.3. The molecule has 0 spiro atoms. The minimum absolute atomic E-state index is 0. The summed E-state index contributed by atoms with van der Waals surface area (Å²) in [7, 11) is 0. The Bertz CT molecular complexity index is 759. The number of aromatic nitrogens is 1. The van der Waals surface area contributed by atoms with Crippen LogP contribution in [0.1, 0.15) is 36.9 Å². The molecule has 0 bridgehead atoms. The van der Waals surface area contributed by atoms with Crippen LogP contribution in [-0.2, 0) is 17.5 Å². The first kappa shape index (κ1) is 22.6. The number of hydrogen-bond acceptors (Lipinski definition) is 4. The monoisotopic (exact) mass is 433 g/mol. The molecule has 4 nitrogen and oxygen atoms in total. The Morgan fingerprint density at radius 2 is 1.89 bits per heavy atom. The number of alkyl halides is 3. The van der Waals surface area contributed by atoms with E-state index in [2.05, 4.69) is 15.6 Å². The van der Waals surface area contributed by atoms with Crippen molar-refractivity contribution in [2.75, 3.05) is 13.1 Å². The topological polar surface area (TPSA) is 54.0 Å². The van der Waals surface area contributed by atoms with Crippen molar-refractivity contribution in [1.29, 1.82) is 0 Å². The highest BCUT2D eigenvalue weighted by Gasteiger charge is 2.30. The van der Waals surface area contributed by atoms with Crippen LogP contribution in [0.2, 0.25) is 0 Å². The Labute approximate surface area is 172 Å². The lowest BCUT2D eigenvalue weighted by atomic mass is 9.93. The zero-order valence-electron chi connectivity index (χ0n) is 15.2. The maximum absolute atomic E-state index is 12.6. The molecule has 1 saturated heterocycles. The minimum Gasteiger partial charge on any atom is -0.350 e. The third kappa shape index (κ3) is 6.46. The second-order valence-corrected chi connectivity index (χ2v) is 7.59. The molecule has 3 rings (SSSR count). The molecule has 1 amide bonds. The smallest absolute Gasteiger partial charge is 0.350 e. The van der Waals surface area contributed by atoms with Crippen molar-refractivity contribution in [2.24, 2.45) is 5.92 Å². The van der Waals surface area contributed by atoms with Crippen molar-refractivity contribution in [1.82, 2.24) is 15.6 Å². The number of halogens is 4. The SMILES string of the molecule is Cl.O=C(CCC1CCNCC1)NCc1csc(-c2ccc(C(F)(F)F)cc2)n1. The van der Waals surface area contributed by atoms with Gasteiger partial charge in [-0.25, -0.2) is 4.98 Å². The number of benzene rings is 1. The van der Waals surface area contributed by atoms with Gasteiger partial charge >= 0.3 is 6.18 Å². The Balaban J connectivity index is 0.00000280. The molecule has 0 radical (unpaired) electrons. The maximum atomic E-state index is 12.6. The van der Waals surface area contributed by atoms with Gasteiger partial charge < -0.3 is 10.6 Å². The molecule has 0 aliphatic carbocycles. The molecule has 2 aromatic rings. The largest absolute Gasteiger partial charge is 0.416 e. The first-order chi connectivity index (χ1) is 12.9. The predicted molar refractivity (Wildman–Crippen MR) is 106 cm³/mol. The van der Waals surface area contributed by atoms with E-state index in [9.17, 15) is 18.0 Å². The Morgan fingerprint density at radius 3 is 2.54 bits per heavy atom. The third-order valence-corrected chi connectivity index (χ3v) is 5.66. The molecular formula is C19H23ClF3N3OS. The van der Waals surface area contributed by atoms with E-state index in [1.54, 1.807) is 0 Å². The number of nitrogens with zero attached hydrogens (tertiary/aromatic N) is 1. The molecule has 0 unspecified atom stereocenters. The number of nitrogens with one attached hydrogen (secondary N) is 2. The summed E-state index contributed by atoms with van der Waals surface area (Å²) in [5.41, 5.74) is 0.672. The zero-order valence-corrected chi connectivity index (χ0v) is 16.9. The van der Waals surface area contributed by atoms with Crippen LogP contribution in [0.5, 0.6) is 0 Å². The molecule has 1 fully saturated rings. The molecule has 1 aliphatic heterocycles. The number of rotatable bonds is 6. The normalized spacial score (nSPS) is 15.1. The summed E-state index contributed by atoms with van der Waals surface area (Å²) in [4.78, 5) is 16.4. The lowest BCUT2D eigenvalue weighted by Gasteiger charge is -2.22. The van der Waals surface area contributed by atoms with E-state index in [4.69, 9.17) is 0 Å². The van der Waals surface area contributed by atoms with Crippen LogP contribution in [-0.4, -0.2) is 24.0 Å². The van der Waals surface area contributed by atoms with Crippen LogP contribution in [0, 0.1) is 5.92 Å². The van der Waals surface area contributed by atoms with Crippen molar-refractivity contribution in [3.63, 3.8) is 0 Å². The van der Waals surface area contributed by atoms with Gasteiger partial charge in [-0.3, -0.25) is 4.79 Å². The van der Waals surface area contributed by atoms with E-state index >= 15 is 0 Å². The number of carbonyl (C=O) groups excluding carboxylic acids is 1. The number of thiazole rings is 1. The fraction of sp³-hybridized carbons (Fsp3) is 0.474. The number of hydrogen-bond donors (Lipinski definition) is 2. The molecule has 28 heavy (non-hydrogen) atoms. The van der Waals surface area contributed by atoms with Crippen molar-refractivity contribution in [3.05, 3.63) is 40.9 Å². The first-order valence-electron chi connectivity index (χ1n) is 9.01. The van der Waals surface area contributed by atoms with Gasteiger partial charge in [-0.05, 0) is 50.4 Å². The second-order valence-electron chi connectivity index (χ2n) is 6.73. The van der Waals surface area contributed by atoms with Crippen LogP contribution in [0.15, 0.2) is 29.6 Å². The lowest BCUT2D eigenvalue weighted by molar-refractivity contribution is -0.137. The Morgan fingerprint density at radius 1 is 1.21 bits per heavy atom. The van der Waals surface area contributed by atoms with Gasteiger partial charge in [0.15, 0.2) is 0 Å². The van der Waals surface area contributed by atoms with Crippen LogP contribution in [0.25, 0.3) is 10.6 Å². The van der Waals surface area contributed by atoms with Gasteiger partial charge in [-0.1, -0.05) is 12.1 Å². The van der Waals surface area contributed by atoms with Crippen LogP contribution in [0.3, 0.4) is 0 Å². The number of carbonyl (C=O) groups is 1. The summed E-state index contributed by atoms with van der Waals surface area (Å²) in [6.07, 6.45) is -0.682. The summed E-state index contributed by atoms with van der Waals surface area (Å²) < 4.78 is 37.9. The van der Waals surface area contributed by atoms with Crippen LogP contribution >= 0.6 is 23.7 Å². The average Bonchev–Trinajstić information content (AvgIpc) is 3.14. The first-order valence-corrected chi connectivity index (χ1v) is 9.89. The minimum atomic E-state index is -4.34. The summed E-state index contributed by atoms with van der Waals surface area (Å²) in [5.74, 6) is 0.625. The fourth-order valence-corrected chi connectivity index (χ4v) is 3.93. The predicted octanol–water partition coefficient (Wildman–Crippen LogP) is 4.65. The number of amides is 1. The average molecular weight is 434 g/mol. The quantitative estimate of drug-likeness (QED) is 0.697. The van der Waals surface area contributed by atoms with Gasteiger partial charge in [0.05, 0.1) is 17.8 Å². The van der Waals surface area contributed by atoms with Gasteiger partial charge in [0.25, 0.3) is 0 Å². The van der Waals surface area contributed by atoms with Crippen molar-refractivity contribution >= 4 is 29.7 Å². The highest BCUT2D eigenvalue weighted by Crippen LogP contribution is 2.31. The molecule has 0 saturated carbocycles. The van der Waals surface area contributed by atoms with Gasteiger partial charge in [0.2, 0.25) is 5.91 Å². The molecule has 2 heterocycles. The second kappa shape index (κ2) is 10.2. The van der Waals surface area contributed by atoms with Gasteiger partial charge in [0.1, 0.15) is 5.01 Å². The summed E-state index contributed by atoms with van der Waals surface area (Å²) in [6, 6.07) is 4.95. The van der Waals surface area contributed by atoms with Crippen molar-refractivity contribution in [2.45, 2.75) is 38.4 Å². The van der Waals surface area contributed by atoms with Crippen LogP contribution in [0.4, 0.5) is 13.2 Å². The standard InChI is InChI=1S/C19H22F3N3OS.ClH/c20-19(21,22)15-4-2-14(3-5-15)18-25-16(12-27-18)11-24-17(26)6-1-13-7-9-23-10-8-13;/h2-5,12-13,23H,1,6-11H2,(H,24,26);1H. The Hall–Kier alpha value is -1.64. The fourth-order valence-electron chi connectivity index (χ4n) is 3.11. The van der Waals surface area contributed by atoms with E-state index < -0.39 is 11.7 Å². The summed E-state index contributed by atoms with van der Waals surface area (Å²) in [5, 5.41) is 8.65. The molecule has 0 atom stereocenters. The highest BCUT2D eigenvalue weighted by atomic mass is 35.5. The van der Waals surface area contributed by atoms with E-state index in [1.165, 1.54) is 23.5 Å². The van der Waals surface area contributed by atoms with Gasteiger partial charge in [-0.2, -0.15) is 13.2 Å². The molecule has 9 heteroatoms. The van der Waals surface area contributed by atoms with Gasteiger partial charge in [-0.15, -0.1) is 23.7 Å². The molecule has 1 aromatic heterocycles. The molecule has 154 valence electrons. The van der Waals surface area contributed by atoms with Crippen molar-refractivity contribution in [3.8, 4) is 10.6 Å². The molecule has 1 aliphatic rings. The van der Waals surface area contributed by atoms with E-state index in [0.717, 1.165) is 44.5 Å². The maximum Gasteiger partial charge on any atom is 0.416 e. The molecular weight excluding hydrogens is 411 g/mol. The van der Waals surface area contributed by atoms with E-state index in [0.29, 0.717) is 35.1 Å². The number of piperidine rings is 1. The summed E-state index contributed by atoms with van der Waals surface area (Å²) in [6.45, 7) is 2.39. The van der Waals surface area contributed by atoms with Gasteiger partial charge in [0, 0.05) is 17.4 Å². The Kier molecular flexibility index (Phi) is 8.27.